The SMILES string of the molecule is O=C(O)c1c(-c2ccccc2Cl)[nH]c2ccc(Cl)cc2c1=O. The molecule has 22 heavy (non-hydrogen) atoms. The smallest absolute Gasteiger partial charge is 0.341 e. The number of aromatic nitrogens is 1. The lowest BCUT2D eigenvalue weighted by Gasteiger charge is -2.10. The Labute approximate surface area is 134 Å². The van der Waals surface area contributed by atoms with Gasteiger partial charge in [0, 0.05) is 26.5 Å². The molecule has 6 heteroatoms. The van der Waals surface area contributed by atoms with Gasteiger partial charge in [-0.15, -0.1) is 0 Å². The molecule has 3 rings (SSSR count). The molecular weight excluding hydrogens is 325 g/mol. The number of carboxylic acids is 1. The largest absolute Gasteiger partial charge is 0.477 e. The number of aromatic carboxylic acids is 1. The summed E-state index contributed by atoms with van der Waals surface area (Å²) in [6.07, 6.45) is 0. The Bertz CT molecular complexity index is 963. The summed E-state index contributed by atoms with van der Waals surface area (Å²) in [5.74, 6) is -1.32. The first-order chi connectivity index (χ1) is 10.5. The number of H-pyrrole nitrogens is 1. The molecule has 110 valence electrons. The van der Waals surface area contributed by atoms with Crippen LogP contribution in [0.3, 0.4) is 0 Å². The normalized spacial score (nSPS) is 10.8. The van der Waals surface area contributed by atoms with Gasteiger partial charge in [-0.3, -0.25) is 4.79 Å². The number of halogens is 2. The lowest BCUT2D eigenvalue weighted by Crippen LogP contribution is -2.18. The van der Waals surface area contributed by atoms with Gasteiger partial charge in [0.15, 0.2) is 0 Å². The number of hydrogen-bond acceptors (Lipinski definition) is 2. The van der Waals surface area contributed by atoms with Gasteiger partial charge in [-0.2, -0.15) is 0 Å². The molecule has 1 aromatic heterocycles. The molecule has 3 aromatic rings. The molecular formula is C16H9Cl2NO3. The topological polar surface area (TPSA) is 70.2 Å². The zero-order chi connectivity index (χ0) is 15.9. The zero-order valence-corrected chi connectivity index (χ0v) is 12.6. The molecule has 0 bridgehead atoms. The summed E-state index contributed by atoms with van der Waals surface area (Å²) >= 11 is 12.0. The number of nitrogens with one attached hydrogen (secondary N) is 1. The molecule has 0 atom stereocenters. The number of fused-ring (bicyclic) bond motifs is 1. The highest BCUT2D eigenvalue weighted by atomic mass is 35.5. The Balaban J connectivity index is 2.47. The molecule has 0 spiro atoms. The predicted octanol–water partition coefficient (Wildman–Crippen LogP) is 4.20. The number of carbonyl (C=O) groups is 1. The molecule has 0 aliphatic rings. The van der Waals surface area contributed by atoms with Crippen LogP contribution in [0.5, 0.6) is 0 Å². The van der Waals surface area contributed by atoms with Crippen molar-refractivity contribution in [2.24, 2.45) is 0 Å². The van der Waals surface area contributed by atoms with Crippen molar-refractivity contribution in [3.63, 3.8) is 0 Å². The van der Waals surface area contributed by atoms with Crippen molar-refractivity contribution in [1.29, 1.82) is 0 Å². The van der Waals surface area contributed by atoms with Gasteiger partial charge in [-0.1, -0.05) is 41.4 Å². The van der Waals surface area contributed by atoms with Crippen molar-refractivity contribution in [2.45, 2.75) is 0 Å². The highest BCUT2D eigenvalue weighted by molar-refractivity contribution is 6.33. The highest BCUT2D eigenvalue weighted by Crippen LogP contribution is 2.29. The van der Waals surface area contributed by atoms with E-state index in [-0.39, 0.29) is 16.6 Å². The fraction of sp³-hybridized carbons (Fsp3) is 0. The second-order valence-corrected chi connectivity index (χ2v) is 5.52. The van der Waals surface area contributed by atoms with Crippen molar-refractivity contribution >= 4 is 40.1 Å². The standard InChI is InChI=1S/C16H9Cl2NO3/c17-8-5-6-12-10(7-8)15(20)13(16(21)22)14(19-12)9-3-1-2-4-11(9)18/h1-7H,(H,19,20)(H,21,22). The first kappa shape index (κ1) is 14.6. The van der Waals surface area contributed by atoms with Crippen LogP contribution in [0.4, 0.5) is 0 Å². The summed E-state index contributed by atoms with van der Waals surface area (Å²) in [5.41, 5.74) is 0.171. The molecule has 0 fully saturated rings. The molecule has 2 aromatic carbocycles. The minimum Gasteiger partial charge on any atom is -0.477 e. The van der Waals surface area contributed by atoms with E-state index in [2.05, 4.69) is 4.98 Å². The quantitative estimate of drug-likeness (QED) is 0.738. The van der Waals surface area contributed by atoms with Crippen molar-refractivity contribution in [3.05, 3.63) is 68.3 Å². The first-order valence-electron chi connectivity index (χ1n) is 6.33. The average molecular weight is 334 g/mol. The van der Waals surface area contributed by atoms with E-state index >= 15 is 0 Å². The molecule has 0 aliphatic heterocycles. The Kier molecular flexibility index (Phi) is 3.64. The minimum atomic E-state index is -1.32. The van der Waals surface area contributed by atoms with Gasteiger partial charge in [-0.05, 0) is 24.3 Å². The molecule has 1 heterocycles. The van der Waals surface area contributed by atoms with Crippen LogP contribution in [0.15, 0.2) is 47.3 Å². The van der Waals surface area contributed by atoms with Gasteiger partial charge < -0.3 is 10.1 Å². The van der Waals surface area contributed by atoms with Gasteiger partial charge in [0.2, 0.25) is 5.43 Å². The maximum absolute atomic E-state index is 12.5. The van der Waals surface area contributed by atoms with E-state index < -0.39 is 11.4 Å². The van der Waals surface area contributed by atoms with Gasteiger partial charge in [0.25, 0.3) is 0 Å². The number of carboxylic acid groups (broad SMARTS) is 1. The fourth-order valence-corrected chi connectivity index (χ4v) is 2.73. The summed E-state index contributed by atoms with van der Waals surface area (Å²) in [4.78, 5) is 27.1. The molecule has 0 saturated heterocycles. The average Bonchev–Trinajstić information content (AvgIpc) is 2.48. The number of pyridine rings is 1. The molecule has 0 aliphatic carbocycles. The first-order valence-corrected chi connectivity index (χ1v) is 7.08. The molecule has 4 nitrogen and oxygen atoms in total. The van der Waals surface area contributed by atoms with Crippen LogP contribution in [0.1, 0.15) is 10.4 Å². The summed E-state index contributed by atoms with van der Waals surface area (Å²) in [6, 6.07) is 11.4. The summed E-state index contributed by atoms with van der Waals surface area (Å²) in [6.45, 7) is 0. The summed E-state index contributed by atoms with van der Waals surface area (Å²) in [7, 11) is 0. The van der Waals surface area contributed by atoms with Crippen molar-refractivity contribution in [3.8, 4) is 11.3 Å². The van der Waals surface area contributed by atoms with Crippen LogP contribution in [0.2, 0.25) is 10.0 Å². The predicted molar refractivity (Wildman–Crippen MR) is 87.0 cm³/mol. The second kappa shape index (κ2) is 5.48. The maximum Gasteiger partial charge on any atom is 0.341 e. The van der Waals surface area contributed by atoms with E-state index in [1.54, 1.807) is 36.4 Å². The van der Waals surface area contributed by atoms with Crippen LogP contribution in [0, 0.1) is 0 Å². The molecule has 0 amide bonds. The molecule has 0 unspecified atom stereocenters. The summed E-state index contributed by atoms with van der Waals surface area (Å²) in [5, 5.41) is 10.4. The Morgan fingerprint density at radius 2 is 1.82 bits per heavy atom. The van der Waals surface area contributed by atoms with Gasteiger partial charge in [0.1, 0.15) is 5.56 Å². The van der Waals surface area contributed by atoms with E-state index in [9.17, 15) is 14.7 Å². The monoisotopic (exact) mass is 333 g/mol. The third-order valence-electron chi connectivity index (χ3n) is 3.32. The van der Waals surface area contributed by atoms with Crippen molar-refractivity contribution in [1.82, 2.24) is 4.98 Å². The van der Waals surface area contributed by atoms with E-state index in [0.717, 1.165) is 0 Å². The van der Waals surface area contributed by atoms with E-state index in [1.165, 1.54) is 6.07 Å². The summed E-state index contributed by atoms with van der Waals surface area (Å²) < 4.78 is 0. The number of aromatic amines is 1. The number of hydrogen-bond donors (Lipinski definition) is 2. The van der Waals surface area contributed by atoms with Crippen LogP contribution in [-0.2, 0) is 0 Å². The lowest BCUT2D eigenvalue weighted by atomic mass is 10.0. The minimum absolute atomic E-state index is 0.179. The Morgan fingerprint density at radius 1 is 1.09 bits per heavy atom. The van der Waals surface area contributed by atoms with Crippen molar-refractivity contribution in [2.75, 3.05) is 0 Å². The third kappa shape index (κ3) is 2.36. The van der Waals surface area contributed by atoms with Gasteiger partial charge >= 0.3 is 5.97 Å². The Hall–Kier alpha value is -2.30. The van der Waals surface area contributed by atoms with E-state index in [1.807, 2.05) is 0 Å². The van der Waals surface area contributed by atoms with Gasteiger partial charge in [-0.25, -0.2) is 4.79 Å². The van der Waals surface area contributed by atoms with E-state index in [0.29, 0.717) is 21.1 Å². The molecule has 0 saturated carbocycles. The number of rotatable bonds is 2. The third-order valence-corrected chi connectivity index (χ3v) is 3.88. The number of benzene rings is 2. The van der Waals surface area contributed by atoms with Crippen LogP contribution in [0.25, 0.3) is 22.2 Å². The van der Waals surface area contributed by atoms with Gasteiger partial charge in [0.05, 0.1) is 5.69 Å². The lowest BCUT2D eigenvalue weighted by molar-refractivity contribution is 0.0696. The maximum atomic E-state index is 12.5. The van der Waals surface area contributed by atoms with E-state index in [4.69, 9.17) is 23.2 Å². The van der Waals surface area contributed by atoms with Crippen LogP contribution >= 0.6 is 23.2 Å². The zero-order valence-electron chi connectivity index (χ0n) is 11.1. The highest BCUT2D eigenvalue weighted by Gasteiger charge is 2.20. The van der Waals surface area contributed by atoms with Crippen LogP contribution < -0.4 is 5.43 Å². The second-order valence-electron chi connectivity index (χ2n) is 4.68. The molecule has 2 N–H and O–H groups in total. The van der Waals surface area contributed by atoms with Crippen molar-refractivity contribution < 1.29 is 9.90 Å². The van der Waals surface area contributed by atoms with Crippen LogP contribution in [-0.4, -0.2) is 16.1 Å². The fourth-order valence-electron chi connectivity index (χ4n) is 2.33. The molecule has 0 radical (unpaired) electrons. The Morgan fingerprint density at radius 3 is 2.50 bits per heavy atom.